The lowest BCUT2D eigenvalue weighted by Gasteiger charge is -2.44. The van der Waals surface area contributed by atoms with Crippen LogP contribution in [0.25, 0.3) is 0 Å². The number of benzene rings is 1. The third-order valence-corrected chi connectivity index (χ3v) is 5.83. The van der Waals surface area contributed by atoms with Gasteiger partial charge >= 0.3 is 6.01 Å². The SMILES string of the molecule is CCC1CC[C@]2(Cc3nc(OC)nc(NC)c3CO2)c2cc(N)ccc21. The molecule has 4 rings (SSSR count). The molecule has 1 aliphatic carbocycles. The molecule has 2 atom stereocenters. The molecule has 138 valence electrons. The molecule has 1 unspecified atom stereocenters. The molecule has 0 saturated heterocycles. The van der Waals surface area contributed by atoms with Crippen LogP contribution < -0.4 is 15.8 Å². The summed E-state index contributed by atoms with van der Waals surface area (Å²) in [6.07, 6.45) is 3.93. The fourth-order valence-corrected chi connectivity index (χ4v) is 4.42. The summed E-state index contributed by atoms with van der Waals surface area (Å²) in [4.78, 5) is 9.04. The van der Waals surface area contributed by atoms with E-state index in [4.69, 9.17) is 15.2 Å². The van der Waals surface area contributed by atoms with Crippen molar-refractivity contribution in [2.45, 2.75) is 50.7 Å². The van der Waals surface area contributed by atoms with Crippen molar-refractivity contribution in [3.05, 3.63) is 40.6 Å². The summed E-state index contributed by atoms with van der Waals surface area (Å²) < 4.78 is 11.8. The topological polar surface area (TPSA) is 82.3 Å². The van der Waals surface area contributed by atoms with E-state index in [0.717, 1.165) is 42.0 Å². The van der Waals surface area contributed by atoms with Crippen LogP contribution in [-0.2, 0) is 23.4 Å². The molecule has 1 aromatic carbocycles. The molecule has 26 heavy (non-hydrogen) atoms. The molecule has 6 heteroatoms. The summed E-state index contributed by atoms with van der Waals surface area (Å²) in [7, 11) is 3.45. The largest absolute Gasteiger partial charge is 0.467 e. The lowest BCUT2D eigenvalue weighted by molar-refractivity contribution is -0.0874. The number of methoxy groups -OCH3 is 1. The third-order valence-electron chi connectivity index (χ3n) is 5.83. The van der Waals surface area contributed by atoms with Crippen LogP contribution in [0.5, 0.6) is 6.01 Å². The smallest absolute Gasteiger partial charge is 0.318 e. The monoisotopic (exact) mass is 354 g/mol. The number of aromatic nitrogens is 2. The first kappa shape index (κ1) is 17.1. The lowest BCUT2D eigenvalue weighted by atomic mass is 9.70. The highest BCUT2D eigenvalue weighted by molar-refractivity contribution is 5.53. The fraction of sp³-hybridized carbons (Fsp3) is 0.500. The van der Waals surface area contributed by atoms with Crippen molar-refractivity contribution >= 4 is 11.5 Å². The van der Waals surface area contributed by atoms with Crippen molar-refractivity contribution in [2.24, 2.45) is 0 Å². The molecule has 2 aliphatic rings. The molecule has 3 N–H and O–H groups in total. The number of hydrogen-bond acceptors (Lipinski definition) is 6. The van der Waals surface area contributed by atoms with Gasteiger partial charge < -0.3 is 20.5 Å². The summed E-state index contributed by atoms with van der Waals surface area (Å²) in [6.45, 7) is 2.73. The van der Waals surface area contributed by atoms with Crippen LogP contribution in [0.1, 0.15) is 54.5 Å². The van der Waals surface area contributed by atoms with E-state index < -0.39 is 0 Å². The number of ether oxygens (including phenoxy) is 2. The van der Waals surface area contributed by atoms with E-state index in [2.05, 4.69) is 34.3 Å². The van der Waals surface area contributed by atoms with Crippen molar-refractivity contribution in [3.8, 4) is 6.01 Å². The van der Waals surface area contributed by atoms with Gasteiger partial charge in [-0.05, 0) is 48.4 Å². The second kappa shape index (κ2) is 6.43. The van der Waals surface area contributed by atoms with Gasteiger partial charge in [-0.2, -0.15) is 9.97 Å². The molecule has 0 amide bonds. The van der Waals surface area contributed by atoms with Gasteiger partial charge in [0.05, 0.1) is 25.0 Å². The molecule has 2 aromatic rings. The average molecular weight is 354 g/mol. The molecule has 0 fully saturated rings. The number of fused-ring (bicyclic) bond motifs is 3. The van der Waals surface area contributed by atoms with Gasteiger partial charge in [-0.25, -0.2) is 0 Å². The first-order chi connectivity index (χ1) is 12.6. The normalized spacial score (nSPS) is 24.0. The number of anilines is 2. The predicted octanol–water partition coefficient (Wildman–Crippen LogP) is 3.36. The van der Waals surface area contributed by atoms with Gasteiger partial charge in [0.15, 0.2) is 0 Å². The van der Waals surface area contributed by atoms with Crippen LogP contribution in [0.4, 0.5) is 11.5 Å². The van der Waals surface area contributed by atoms with E-state index in [9.17, 15) is 0 Å². The Kier molecular flexibility index (Phi) is 4.23. The van der Waals surface area contributed by atoms with Crippen molar-refractivity contribution < 1.29 is 9.47 Å². The Balaban J connectivity index is 1.82. The molecule has 0 radical (unpaired) electrons. The van der Waals surface area contributed by atoms with E-state index in [-0.39, 0.29) is 5.60 Å². The van der Waals surface area contributed by atoms with Crippen molar-refractivity contribution in [1.29, 1.82) is 0 Å². The minimum atomic E-state index is -0.367. The van der Waals surface area contributed by atoms with Gasteiger partial charge in [-0.3, -0.25) is 0 Å². The molecular weight excluding hydrogens is 328 g/mol. The average Bonchev–Trinajstić information content (AvgIpc) is 2.67. The minimum absolute atomic E-state index is 0.367. The van der Waals surface area contributed by atoms with Crippen molar-refractivity contribution in [2.75, 3.05) is 25.2 Å². The predicted molar refractivity (Wildman–Crippen MR) is 101 cm³/mol. The summed E-state index contributed by atoms with van der Waals surface area (Å²) >= 11 is 0. The standard InChI is InChI=1S/C20H26N4O2/c1-4-12-7-8-20(16-9-13(21)5-6-14(12)16)10-17-15(11-26-20)18(22-2)24-19(23-17)25-3/h5-6,9,12H,4,7-8,10-11,21H2,1-3H3,(H,22,23,24)/t12?,20-/m0/s1. The van der Waals surface area contributed by atoms with Crippen LogP contribution in [0, 0.1) is 0 Å². The van der Waals surface area contributed by atoms with E-state index in [1.54, 1.807) is 7.11 Å². The van der Waals surface area contributed by atoms with Crippen molar-refractivity contribution in [3.63, 3.8) is 0 Å². The number of nitrogens with zero attached hydrogens (tertiary/aromatic N) is 2. The Hall–Kier alpha value is -2.34. The summed E-state index contributed by atoms with van der Waals surface area (Å²) in [6, 6.07) is 6.67. The maximum Gasteiger partial charge on any atom is 0.318 e. The molecule has 1 aromatic heterocycles. The zero-order valence-corrected chi connectivity index (χ0v) is 15.6. The minimum Gasteiger partial charge on any atom is -0.467 e. The molecule has 0 bridgehead atoms. The van der Waals surface area contributed by atoms with Gasteiger partial charge in [0.1, 0.15) is 5.82 Å². The Morgan fingerprint density at radius 3 is 2.96 bits per heavy atom. The van der Waals surface area contributed by atoms with E-state index in [1.165, 1.54) is 11.1 Å². The number of nitrogen functional groups attached to an aromatic ring is 1. The molecule has 1 aliphatic heterocycles. The second-order valence-electron chi connectivity index (χ2n) is 7.18. The van der Waals surface area contributed by atoms with Gasteiger partial charge in [-0.15, -0.1) is 0 Å². The quantitative estimate of drug-likeness (QED) is 0.823. The van der Waals surface area contributed by atoms with Crippen molar-refractivity contribution in [1.82, 2.24) is 9.97 Å². The second-order valence-corrected chi connectivity index (χ2v) is 7.18. The maximum atomic E-state index is 6.51. The number of nitrogens with one attached hydrogen (secondary N) is 1. The van der Waals surface area contributed by atoms with E-state index in [0.29, 0.717) is 25.0 Å². The lowest BCUT2D eigenvalue weighted by Crippen LogP contribution is -2.40. The van der Waals surface area contributed by atoms with Gasteiger partial charge in [0.2, 0.25) is 0 Å². The highest BCUT2D eigenvalue weighted by atomic mass is 16.5. The fourth-order valence-electron chi connectivity index (χ4n) is 4.42. The van der Waals surface area contributed by atoms with Crippen LogP contribution in [0.15, 0.2) is 18.2 Å². The third kappa shape index (κ3) is 2.60. The zero-order chi connectivity index (χ0) is 18.3. The Morgan fingerprint density at radius 2 is 2.23 bits per heavy atom. The zero-order valence-electron chi connectivity index (χ0n) is 15.6. The molecule has 6 nitrogen and oxygen atoms in total. The van der Waals surface area contributed by atoms with Gasteiger partial charge in [0.25, 0.3) is 0 Å². The Bertz CT molecular complexity index is 839. The molecule has 2 heterocycles. The Morgan fingerprint density at radius 1 is 1.38 bits per heavy atom. The maximum absolute atomic E-state index is 6.51. The van der Waals surface area contributed by atoms with Crippen LogP contribution in [0.3, 0.4) is 0 Å². The number of nitrogens with two attached hydrogens (primary N) is 1. The summed E-state index contributed by atoms with van der Waals surface area (Å²) in [5, 5.41) is 3.13. The molecule has 0 saturated carbocycles. The van der Waals surface area contributed by atoms with Crippen LogP contribution in [0.2, 0.25) is 0 Å². The highest BCUT2D eigenvalue weighted by Gasteiger charge is 2.44. The number of hydrogen-bond donors (Lipinski definition) is 2. The highest BCUT2D eigenvalue weighted by Crippen LogP contribution is 2.50. The number of rotatable bonds is 3. The summed E-state index contributed by atoms with van der Waals surface area (Å²) in [5.41, 5.74) is 11.2. The molecule has 1 spiro atoms. The van der Waals surface area contributed by atoms with E-state index >= 15 is 0 Å². The first-order valence-electron chi connectivity index (χ1n) is 9.25. The van der Waals surface area contributed by atoms with Gasteiger partial charge in [-0.1, -0.05) is 13.0 Å². The first-order valence-corrected chi connectivity index (χ1v) is 9.25. The van der Waals surface area contributed by atoms with Gasteiger partial charge in [0, 0.05) is 24.7 Å². The molecular formula is C20H26N4O2. The van der Waals surface area contributed by atoms with E-state index in [1.807, 2.05) is 13.1 Å². The van der Waals surface area contributed by atoms with Crippen LogP contribution in [-0.4, -0.2) is 24.1 Å². The Labute approximate surface area is 154 Å². The van der Waals surface area contributed by atoms with Crippen LogP contribution >= 0.6 is 0 Å². The summed E-state index contributed by atoms with van der Waals surface area (Å²) in [5.74, 6) is 1.34.